The first-order valence-corrected chi connectivity index (χ1v) is 8.00. The van der Waals surface area contributed by atoms with Crippen molar-refractivity contribution in [1.29, 1.82) is 0 Å². The number of aliphatic imine (C=N–C) groups is 1. The molecule has 1 N–H and O–H groups in total. The Bertz CT molecular complexity index is 624. The fourth-order valence-electron chi connectivity index (χ4n) is 2.65. The maximum atomic E-state index is 12.0. The molecule has 1 aromatic rings. The number of nitrogens with zero attached hydrogens (tertiary/aromatic N) is 2. The van der Waals surface area contributed by atoms with E-state index in [4.69, 9.17) is 0 Å². The van der Waals surface area contributed by atoms with Gasteiger partial charge in [0.2, 0.25) is 0 Å². The highest BCUT2D eigenvalue weighted by molar-refractivity contribution is 8.18. The number of phenols is 1. The molecule has 0 radical (unpaired) electrons. The molecule has 0 saturated carbocycles. The van der Waals surface area contributed by atoms with Crippen molar-refractivity contribution in [2.75, 3.05) is 13.1 Å². The normalized spacial score (nSPS) is 24.5. The van der Waals surface area contributed by atoms with Crippen molar-refractivity contribution in [3.63, 3.8) is 0 Å². The van der Waals surface area contributed by atoms with Crippen molar-refractivity contribution in [1.82, 2.24) is 4.90 Å². The molecule has 1 atom stereocenters. The zero-order chi connectivity index (χ0) is 14.8. The lowest BCUT2D eigenvalue weighted by Gasteiger charge is -2.31. The van der Waals surface area contributed by atoms with E-state index < -0.39 is 0 Å². The van der Waals surface area contributed by atoms with Gasteiger partial charge in [-0.25, -0.2) is 0 Å². The minimum absolute atomic E-state index is 0.179. The minimum Gasteiger partial charge on any atom is -0.507 e. The third kappa shape index (κ3) is 3.13. The van der Waals surface area contributed by atoms with Gasteiger partial charge in [0.25, 0.3) is 5.91 Å². The molecule has 2 aliphatic heterocycles. The molecular weight excluding hydrogens is 284 g/mol. The van der Waals surface area contributed by atoms with Gasteiger partial charge in [-0.3, -0.25) is 4.79 Å². The number of hydrogen-bond acceptors (Lipinski definition) is 4. The van der Waals surface area contributed by atoms with Crippen LogP contribution in [0.15, 0.2) is 34.2 Å². The molecule has 2 heterocycles. The molecule has 1 aromatic carbocycles. The lowest BCUT2D eigenvalue weighted by Crippen LogP contribution is -2.37. The molecule has 4 nitrogen and oxygen atoms in total. The highest BCUT2D eigenvalue weighted by Gasteiger charge is 2.28. The van der Waals surface area contributed by atoms with Crippen LogP contribution in [0.3, 0.4) is 0 Å². The summed E-state index contributed by atoms with van der Waals surface area (Å²) in [5.74, 6) is 0.610. The van der Waals surface area contributed by atoms with Crippen LogP contribution in [-0.2, 0) is 4.79 Å². The Kier molecular flexibility index (Phi) is 4.01. The first-order chi connectivity index (χ1) is 10.1. The Morgan fingerprint density at radius 1 is 1.43 bits per heavy atom. The van der Waals surface area contributed by atoms with Gasteiger partial charge in [0.05, 0.1) is 4.91 Å². The quantitative estimate of drug-likeness (QED) is 0.810. The third-order valence-corrected chi connectivity index (χ3v) is 4.80. The third-order valence-electron chi connectivity index (χ3n) is 3.76. The SMILES string of the molecule is C[C@@H]1CCCN(C2=NC(=O)/C(=C/c3ccccc3O)S2)C1. The number of thioether (sulfide) groups is 1. The van der Waals surface area contributed by atoms with Gasteiger partial charge in [0.1, 0.15) is 5.75 Å². The van der Waals surface area contributed by atoms with Crippen LogP contribution in [-0.4, -0.2) is 34.2 Å². The molecule has 110 valence electrons. The van der Waals surface area contributed by atoms with E-state index in [1.165, 1.54) is 18.2 Å². The monoisotopic (exact) mass is 302 g/mol. The number of carbonyl (C=O) groups excluding carboxylic acids is 1. The maximum Gasteiger partial charge on any atom is 0.286 e. The van der Waals surface area contributed by atoms with Crippen molar-refractivity contribution in [2.45, 2.75) is 19.8 Å². The summed E-state index contributed by atoms with van der Waals surface area (Å²) in [5.41, 5.74) is 0.650. The molecule has 0 aromatic heterocycles. The largest absolute Gasteiger partial charge is 0.507 e. The number of aromatic hydroxyl groups is 1. The van der Waals surface area contributed by atoms with Crippen LogP contribution in [0.25, 0.3) is 6.08 Å². The number of piperidine rings is 1. The standard InChI is InChI=1S/C16H18N2O2S/c1-11-5-4-8-18(10-11)16-17-15(20)14(21-16)9-12-6-2-3-7-13(12)19/h2-3,6-7,9,11,19H,4-5,8,10H2,1H3/b14-9-/t11-/m1/s1. The molecule has 5 heteroatoms. The molecule has 21 heavy (non-hydrogen) atoms. The average molecular weight is 302 g/mol. The molecule has 3 rings (SSSR count). The minimum atomic E-state index is -0.212. The zero-order valence-corrected chi connectivity index (χ0v) is 12.8. The van der Waals surface area contributed by atoms with Gasteiger partial charge < -0.3 is 10.0 Å². The number of amides is 1. The van der Waals surface area contributed by atoms with Crippen molar-refractivity contribution in [2.24, 2.45) is 10.9 Å². The van der Waals surface area contributed by atoms with E-state index in [0.717, 1.165) is 24.7 Å². The van der Waals surface area contributed by atoms with Crippen molar-refractivity contribution in [3.05, 3.63) is 34.7 Å². The van der Waals surface area contributed by atoms with Crippen LogP contribution in [0, 0.1) is 5.92 Å². The smallest absolute Gasteiger partial charge is 0.286 e. The summed E-state index contributed by atoms with van der Waals surface area (Å²) < 4.78 is 0. The van der Waals surface area contributed by atoms with Crippen LogP contribution >= 0.6 is 11.8 Å². The fraction of sp³-hybridized carbons (Fsp3) is 0.375. The van der Waals surface area contributed by atoms with E-state index in [2.05, 4.69) is 16.8 Å². The Morgan fingerprint density at radius 3 is 3.00 bits per heavy atom. The summed E-state index contributed by atoms with van der Waals surface area (Å²) in [7, 11) is 0. The van der Waals surface area contributed by atoms with Crippen LogP contribution in [0.1, 0.15) is 25.3 Å². The number of para-hydroxylation sites is 1. The molecule has 1 saturated heterocycles. The highest BCUT2D eigenvalue weighted by atomic mass is 32.2. The van der Waals surface area contributed by atoms with Gasteiger partial charge in [-0.15, -0.1) is 0 Å². The Hall–Kier alpha value is -1.75. The number of benzene rings is 1. The Morgan fingerprint density at radius 2 is 2.24 bits per heavy atom. The summed E-state index contributed by atoms with van der Waals surface area (Å²) in [6.45, 7) is 4.16. The lowest BCUT2D eigenvalue weighted by molar-refractivity contribution is -0.113. The van der Waals surface area contributed by atoms with E-state index >= 15 is 0 Å². The molecular formula is C16H18N2O2S. The van der Waals surface area contributed by atoms with Gasteiger partial charge in [0.15, 0.2) is 5.17 Å². The van der Waals surface area contributed by atoms with E-state index in [1.807, 2.05) is 6.07 Å². The van der Waals surface area contributed by atoms with Crippen LogP contribution in [0.2, 0.25) is 0 Å². The van der Waals surface area contributed by atoms with Crippen LogP contribution < -0.4 is 0 Å². The first kappa shape index (κ1) is 14.2. The van der Waals surface area contributed by atoms with Crippen LogP contribution in [0.5, 0.6) is 5.75 Å². The second-order valence-corrected chi connectivity index (χ2v) is 6.57. The summed E-state index contributed by atoms with van der Waals surface area (Å²) in [5, 5.41) is 10.6. The molecule has 0 aliphatic carbocycles. The number of rotatable bonds is 1. The van der Waals surface area contributed by atoms with Gasteiger partial charge in [-0.05, 0) is 42.7 Å². The number of amidine groups is 1. The maximum absolute atomic E-state index is 12.0. The molecule has 0 spiro atoms. The number of hydrogen-bond donors (Lipinski definition) is 1. The summed E-state index contributed by atoms with van der Waals surface area (Å²) in [4.78, 5) is 19.0. The first-order valence-electron chi connectivity index (χ1n) is 7.19. The Balaban J connectivity index is 1.77. The van der Waals surface area contributed by atoms with E-state index in [9.17, 15) is 9.90 Å². The fourth-order valence-corrected chi connectivity index (χ4v) is 3.59. The highest BCUT2D eigenvalue weighted by Crippen LogP contribution is 2.33. The van der Waals surface area contributed by atoms with Crippen molar-refractivity contribution < 1.29 is 9.90 Å². The van der Waals surface area contributed by atoms with Crippen LogP contribution in [0.4, 0.5) is 0 Å². The Labute approximate surface area is 128 Å². The summed E-state index contributed by atoms with van der Waals surface area (Å²) in [6.07, 6.45) is 4.10. The number of likely N-dealkylation sites (tertiary alicyclic amines) is 1. The van der Waals surface area contributed by atoms with E-state index in [1.54, 1.807) is 24.3 Å². The molecule has 2 aliphatic rings. The van der Waals surface area contributed by atoms with Gasteiger partial charge in [-0.1, -0.05) is 25.1 Å². The molecule has 1 fully saturated rings. The predicted octanol–water partition coefficient (Wildman–Crippen LogP) is 3.09. The number of carbonyl (C=O) groups is 1. The van der Waals surface area contributed by atoms with Gasteiger partial charge in [-0.2, -0.15) is 4.99 Å². The van der Waals surface area contributed by atoms with Gasteiger partial charge >= 0.3 is 0 Å². The summed E-state index contributed by atoms with van der Waals surface area (Å²) >= 11 is 1.41. The van der Waals surface area contributed by atoms with Crippen molar-refractivity contribution >= 4 is 28.9 Å². The van der Waals surface area contributed by atoms with E-state index in [-0.39, 0.29) is 11.7 Å². The lowest BCUT2D eigenvalue weighted by atomic mass is 10.0. The predicted molar refractivity (Wildman–Crippen MR) is 86.1 cm³/mol. The second kappa shape index (κ2) is 5.93. The number of phenolic OH excluding ortho intramolecular Hbond substituents is 1. The van der Waals surface area contributed by atoms with E-state index in [0.29, 0.717) is 16.4 Å². The average Bonchev–Trinajstić information content (AvgIpc) is 2.83. The molecule has 1 amide bonds. The second-order valence-electron chi connectivity index (χ2n) is 5.56. The molecule has 0 bridgehead atoms. The zero-order valence-electron chi connectivity index (χ0n) is 12.0. The van der Waals surface area contributed by atoms with Gasteiger partial charge in [0, 0.05) is 18.7 Å². The van der Waals surface area contributed by atoms with Crippen molar-refractivity contribution in [3.8, 4) is 5.75 Å². The topological polar surface area (TPSA) is 52.9 Å². The molecule has 0 unspecified atom stereocenters. The summed E-state index contributed by atoms with van der Waals surface area (Å²) in [6, 6.07) is 7.00.